The lowest BCUT2D eigenvalue weighted by molar-refractivity contribution is -0.140. The summed E-state index contributed by atoms with van der Waals surface area (Å²) in [6, 6.07) is 39.9. The summed E-state index contributed by atoms with van der Waals surface area (Å²) in [4.78, 5) is 30.1. The summed E-state index contributed by atoms with van der Waals surface area (Å²) in [7, 11) is -4.22. The van der Waals surface area contributed by atoms with Gasteiger partial charge in [0.25, 0.3) is 10.0 Å². The van der Waals surface area contributed by atoms with E-state index < -0.39 is 28.5 Å². The first kappa shape index (κ1) is 36.4. The summed E-state index contributed by atoms with van der Waals surface area (Å²) >= 11 is 3.47. The third-order valence-electron chi connectivity index (χ3n) is 8.08. The van der Waals surface area contributed by atoms with E-state index in [1.54, 1.807) is 42.5 Å². The van der Waals surface area contributed by atoms with Gasteiger partial charge in [0.15, 0.2) is 0 Å². The topological polar surface area (TPSA) is 96.0 Å². The number of anilines is 1. The summed E-state index contributed by atoms with van der Waals surface area (Å²) in [5, 5.41) is 3.02. The van der Waals surface area contributed by atoms with Gasteiger partial charge >= 0.3 is 0 Å². The normalized spacial score (nSPS) is 11.7. The second kappa shape index (κ2) is 17.6. The van der Waals surface area contributed by atoms with E-state index in [0.29, 0.717) is 18.0 Å². The predicted octanol–water partition coefficient (Wildman–Crippen LogP) is 7.99. The van der Waals surface area contributed by atoms with Crippen LogP contribution < -0.4 is 14.4 Å². The van der Waals surface area contributed by atoms with Gasteiger partial charge in [-0.2, -0.15) is 0 Å². The van der Waals surface area contributed by atoms with Crippen LogP contribution in [-0.4, -0.2) is 44.3 Å². The van der Waals surface area contributed by atoms with Crippen LogP contribution in [0.15, 0.2) is 149 Å². The molecule has 5 aromatic carbocycles. The van der Waals surface area contributed by atoms with Crippen LogP contribution >= 0.6 is 15.9 Å². The average Bonchev–Trinajstić information content (AvgIpc) is 3.14. The number of para-hydroxylation sites is 1. The number of nitrogens with zero attached hydrogens (tertiary/aromatic N) is 2. The monoisotopic (exact) mass is 753 g/mol. The molecule has 0 heterocycles. The zero-order valence-corrected chi connectivity index (χ0v) is 30.2. The number of hydrogen-bond acceptors (Lipinski definition) is 5. The van der Waals surface area contributed by atoms with E-state index in [9.17, 15) is 18.0 Å². The smallest absolute Gasteiger partial charge is 0.264 e. The first-order valence-electron chi connectivity index (χ1n) is 16.5. The Hall–Kier alpha value is -4.93. The minimum Gasteiger partial charge on any atom is -0.457 e. The molecular formula is C40H40BrN3O5S. The molecule has 8 nitrogen and oxygen atoms in total. The fraction of sp³-hybridized carbons (Fsp3) is 0.200. The Morgan fingerprint density at radius 2 is 1.32 bits per heavy atom. The van der Waals surface area contributed by atoms with Crippen LogP contribution in [0.1, 0.15) is 30.9 Å². The molecule has 0 saturated heterocycles. The molecule has 0 fully saturated rings. The second-order valence-corrected chi connectivity index (χ2v) is 14.5. The Kier molecular flexibility index (Phi) is 12.8. The lowest BCUT2D eigenvalue weighted by atomic mass is 10.0. The minimum absolute atomic E-state index is 0.0371. The molecule has 0 bridgehead atoms. The van der Waals surface area contributed by atoms with E-state index in [1.165, 1.54) is 17.0 Å². The first-order valence-corrected chi connectivity index (χ1v) is 18.7. The van der Waals surface area contributed by atoms with Gasteiger partial charge in [0.2, 0.25) is 11.8 Å². The highest BCUT2D eigenvalue weighted by atomic mass is 79.9. The molecule has 0 aliphatic rings. The number of sulfonamides is 1. The molecular weight excluding hydrogens is 714 g/mol. The molecule has 50 heavy (non-hydrogen) atoms. The van der Waals surface area contributed by atoms with Crippen molar-refractivity contribution in [3.05, 3.63) is 155 Å². The number of amides is 2. The number of nitrogens with one attached hydrogen (secondary N) is 1. The van der Waals surface area contributed by atoms with E-state index in [-0.39, 0.29) is 29.5 Å². The van der Waals surface area contributed by atoms with E-state index in [4.69, 9.17) is 4.74 Å². The number of ether oxygens (including phenoxy) is 1. The van der Waals surface area contributed by atoms with Crippen molar-refractivity contribution in [1.29, 1.82) is 0 Å². The Labute approximate surface area is 302 Å². The number of hydrogen-bond donors (Lipinski definition) is 1. The van der Waals surface area contributed by atoms with Gasteiger partial charge < -0.3 is 15.0 Å². The molecule has 0 aliphatic carbocycles. The van der Waals surface area contributed by atoms with Crippen molar-refractivity contribution in [3.63, 3.8) is 0 Å². The van der Waals surface area contributed by atoms with Crippen LogP contribution in [0.3, 0.4) is 0 Å². The fourth-order valence-electron chi connectivity index (χ4n) is 5.40. The van der Waals surface area contributed by atoms with E-state index in [0.717, 1.165) is 32.7 Å². The van der Waals surface area contributed by atoms with Gasteiger partial charge in [-0.15, -0.1) is 0 Å². The average molecular weight is 755 g/mol. The van der Waals surface area contributed by atoms with Crippen LogP contribution in [0.2, 0.25) is 0 Å². The summed E-state index contributed by atoms with van der Waals surface area (Å²) < 4.78 is 36.5. The third-order valence-corrected chi connectivity index (χ3v) is 10.4. The Morgan fingerprint density at radius 3 is 1.94 bits per heavy atom. The highest BCUT2D eigenvalue weighted by Crippen LogP contribution is 2.29. The maximum Gasteiger partial charge on any atom is 0.264 e. The zero-order chi connectivity index (χ0) is 35.3. The van der Waals surface area contributed by atoms with Crippen molar-refractivity contribution >= 4 is 43.5 Å². The summed E-state index contributed by atoms with van der Waals surface area (Å²) in [6.45, 7) is 2.06. The van der Waals surface area contributed by atoms with Gasteiger partial charge in [0, 0.05) is 24.0 Å². The van der Waals surface area contributed by atoms with Crippen molar-refractivity contribution in [1.82, 2.24) is 10.2 Å². The van der Waals surface area contributed by atoms with E-state index >= 15 is 0 Å². The quantitative estimate of drug-likeness (QED) is 0.103. The molecule has 5 aromatic rings. The summed E-state index contributed by atoms with van der Waals surface area (Å²) in [5.41, 5.74) is 1.94. The fourth-order valence-corrected chi connectivity index (χ4v) is 7.10. The first-order chi connectivity index (χ1) is 24.2. The Bertz CT molecular complexity index is 1930. The zero-order valence-electron chi connectivity index (χ0n) is 27.8. The molecule has 0 unspecified atom stereocenters. The van der Waals surface area contributed by atoms with Gasteiger partial charge in [0.1, 0.15) is 24.1 Å². The lowest BCUT2D eigenvalue weighted by Crippen LogP contribution is -2.53. The molecule has 0 spiro atoms. The van der Waals surface area contributed by atoms with Gasteiger partial charge in [-0.1, -0.05) is 108 Å². The van der Waals surface area contributed by atoms with Crippen molar-refractivity contribution in [2.75, 3.05) is 17.4 Å². The molecule has 0 aromatic heterocycles. The maximum atomic E-state index is 14.7. The van der Waals surface area contributed by atoms with Gasteiger partial charge in [-0.05, 0) is 78.2 Å². The molecule has 0 saturated carbocycles. The second-order valence-electron chi connectivity index (χ2n) is 11.7. The molecule has 2 amide bonds. The maximum absolute atomic E-state index is 14.7. The Morgan fingerprint density at radius 1 is 0.740 bits per heavy atom. The van der Waals surface area contributed by atoms with Gasteiger partial charge in [0.05, 0.1) is 10.6 Å². The number of benzene rings is 5. The minimum atomic E-state index is -4.22. The van der Waals surface area contributed by atoms with Crippen molar-refractivity contribution in [3.8, 4) is 11.5 Å². The molecule has 258 valence electrons. The molecule has 10 heteroatoms. The SMILES string of the molecule is CCCCNC(=O)[C@@H](Cc1ccccc1)N(Cc1ccc(Br)cc1)C(=O)CN(c1ccc(Oc2ccccc2)cc1)S(=O)(=O)c1ccccc1. The van der Waals surface area contributed by atoms with Crippen molar-refractivity contribution in [2.24, 2.45) is 0 Å². The molecule has 0 radical (unpaired) electrons. The van der Waals surface area contributed by atoms with Crippen molar-refractivity contribution < 1.29 is 22.7 Å². The Balaban J connectivity index is 1.53. The van der Waals surface area contributed by atoms with Crippen LogP contribution in [0.4, 0.5) is 5.69 Å². The van der Waals surface area contributed by atoms with Crippen LogP contribution in [0, 0.1) is 0 Å². The highest BCUT2D eigenvalue weighted by Gasteiger charge is 2.34. The number of unbranched alkanes of at least 4 members (excludes halogenated alkanes) is 1. The third kappa shape index (κ3) is 9.83. The van der Waals surface area contributed by atoms with Gasteiger partial charge in [-0.25, -0.2) is 8.42 Å². The number of rotatable bonds is 16. The van der Waals surface area contributed by atoms with E-state index in [1.807, 2.05) is 91.9 Å². The summed E-state index contributed by atoms with van der Waals surface area (Å²) in [5.74, 6) is 0.317. The van der Waals surface area contributed by atoms with Crippen LogP contribution in [0.5, 0.6) is 11.5 Å². The van der Waals surface area contributed by atoms with Gasteiger partial charge in [-0.3, -0.25) is 13.9 Å². The van der Waals surface area contributed by atoms with Crippen LogP contribution in [-0.2, 0) is 32.6 Å². The molecule has 5 rings (SSSR count). The van der Waals surface area contributed by atoms with Crippen LogP contribution in [0.25, 0.3) is 0 Å². The molecule has 1 atom stereocenters. The molecule has 0 aliphatic heterocycles. The predicted molar refractivity (Wildman–Crippen MR) is 200 cm³/mol. The number of carbonyl (C=O) groups excluding carboxylic acids is 2. The lowest BCUT2D eigenvalue weighted by Gasteiger charge is -2.34. The standard InChI is InChI=1S/C40H40BrN3O5S/c1-2-3-27-42-40(46)38(28-31-13-7-4-8-14-31)43(29-32-19-21-33(41)22-20-32)39(45)30-44(50(47,48)37-17-11-6-12-18-37)34-23-25-36(26-24-34)49-35-15-9-5-10-16-35/h4-26,38H,2-3,27-30H2,1H3,(H,42,46)/t38-/m1/s1. The van der Waals surface area contributed by atoms with Crippen molar-refractivity contribution in [2.45, 2.75) is 43.7 Å². The number of carbonyl (C=O) groups is 2. The summed E-state index contributed by atoms with van der Waals surface area (Å²) in [6.07, 6.45) is 1.93. The highest BCUT2D eigenvalue weighted by molar-refractivity contribution is 9.10. The van der Waals surface area contributed by atoms with E-state index in [2.05, 4.69) is 21.2 Å². The largest absolute Gasteiger partial charge is 0.457 e. The number of halogens is 1. The molecule has 1 N–H and O–H groups in total.